The van der Waals surface area contributed by atoms with Gasteiger partial charge in [-0.25, -0.2) is 4.98 Å². The highest BCUT2D eigenvalue weighted by molar-refractivity contribution is 5.64. The van der Waals surface area contributed by atoms with Gasteiger partial charge < -0.3 is 4.40 Å². The molecule has 0 aromatic carbocycles. The summed E-state index contributed by atoms with van der Waals surface area (Å²) >= 11 is 0. The third-order valence-electron chi connectivity index (χ3n) is 3.69. The smallest absolute Gasteiger partial charge is 0.136 e. The summed E-state index contributed by atoms with van der Waals surface area (Å²) in [7, 11) is 0. The Balaban J connectivity index is 1.75. The van der Waals surface area contributed by atoms with Crippen LogP contribution in [0.1, 0.15) is 30.1 Å². The van der Waals surface area contributed by atoms with Gasteiger partial charge in [0, 0.05) is 35.8 Å². The van der Waals surface area contributed by atoms with Gasteiger partial charge in [-0.2, -0.15) is 0 Å². The molecule has 0 saturated heterocycles. The molecule has 1 saturated carbocycles. The maximum atomic E-state index is 4.58. The monoisotopic (exact) mass is 249 g/mol. The summed E-state index contributed by atoms with van der Waals surface area (Å²) in [5, 5.41) is 0. The molecule has 94 valence electrons. The Morgan fingerprint density at radius 1 is 1.05 bits per heavy atom. The van der Waals surface area contributed by atoms with Crippen LogP contribution >= 0.6 is 0 Å². The van der Waals surface area contributed by atoms with Gasteiger partial charge in [-0.3, -0.25) is 4.98 Å². The molecule has 1 aliphatic rings. The number of aryl methyl sites for hydroxylation is 1. The van der Waals surface area contributed by atoms with E-state index >= 15 is 0 Å². The molecule has 0 unspecified atom stereocenters. The Kier molecular flexibility index (Phi) is 2.21. The van der Waals surface area contributed by atoms with E-state index in [4.69, 9.17) is 0 Å². The molecular weight excluding hydrogens is 234 g/mol. The van der Waals surface area contributed by atoms with E-state index in [-0.39, 0.29) is 0 Å². The van der Waals surface area contributed by atoms with Crippen molar-refractivity contribution in [2.75, 3.05) is 0 Å². The Hall–Kier alpha value is -2.16. The number of hydrogen-bond donors (Lipinski definition) is 0. The van der Waals surface area contributed by atoms with Gasteiger partial charge in [0.05, 0.1) is 5.69 Å². The third kappa shape index (κ3) is 1.91. The van der Waals surface area contributed by atoms with Gasteiger partial charge >= 0.3 is 0 Å². The summed E-state index contributed by atoms with van der Waals surface area (Å²) in [6.07, 6.45) is 8.74. The van der Waals surface area contributed by atoms with E-state index in [2.05, 4.69) is 44.8 Å². The first kappa shape index (κ1) is 10.7. The average molecular weight is 249 g/mol. The minimum Gasteiger partial charge on any atom is -0.306 e. The number of hydrogen-bond acceptors (Lipinski definition) is 2. The van der Waals surface area contributed by atoms with Gasteiger partial charge in [-0.15, -0.1) is 0 Å². The van der Waals surface area contributed by atoms with Gasteiger partial charge in [-0.1, -0.05) is 6.07 Å². The molecular formula is C16H15N3. The summed E-state index contributed by atoms with van der Waals surface area (Å²) < 4.78 is 2.07. The fourth-order valence-electron chi connectivity index (χ4n) is 2.49. The van der Waals surface area contributed by atoms with Crippen molar-refractivity contribution in [2.45, 2.75) is 25.7 Å². The van der Waals surface area contributed by atoms with E-state index in [0.29, 0.717) is 5.92 Å². The molecule has 19 heavy (non-hydrogen) atoms. The molecule has 0 amide bonds. The minimum atomic E-state index is 0.716. The topological polar surface area (TPSA) is 30.2 Å². The maximum Gasteiger partial charge on any atom is 0.136 e. The lowest BCUT2D eigenvalue weighted by Gasteiger charge is -2.04. The van der Waals surface area contributed by atoms with E-state index < -0.39 is 0 Å². The molecule has 3 nitrogen and oxygen atoms in total. The Bertz CT molecular complexity index is 736. The third-order valence-corrected chi connectivity index (χ3v) is 3.69. The predicted molar refractivity (Wildman–Crippen MR) is 75.1 cm³/mol. The average Bonchev–Trinajstić information content (AvgIpc) is 3.20. The molecule has 3 aromatic heterocycles. The maximum absolute atomic E-state index is 4.58. The van der Waals surface area contributed by atoms with Crippen LogP contribution in [0, 0.1) is 6.92 Å². The minimum absolute atomic E-state index is 0.716. The van der Waals surface area contributed by atoms with Crippen molar-refractivity contribution in [3.05, 3.63) is 54.2 Å². The Labute approximate surface area is 111 Å². The van der Waals surface area contributed by atoms with E-state index in [0.717, 1.165) is 16.9 Å². The number of rotatable bonds is 2. The second-order valence-corrected chi connectivity index (χ2v) is 5.31. The summed E-state index contributed by atoms with van der Waals surface area (Å²) in [6.45, 7) is 2.01. The molecule has 0 aliphatic heterocycles. The number of imidazole rings is 1. The molecule has 0 atom stereocenters. The highest BCUT2D eigenvalue weighted by atomic mass is 15.0. The zero-order valence-corrected chi connectivity index (χ0v) is 10.9. The summed E-state index contributed by atoms with van der Waals surface area (Å²) in [6, 6.07) is 8.49. The van der Waals surface area contributed by atoms with Crippen molar-refractivity contribution < 1.29 is 0 Å². The predicted octanol–water partition coefficient (Wildman–Crippen LogP) is 3.58. The van der Waals surface area contributed by atoms with E-state index in [1.807, 2.05) is 19.3 Å². The van der Waals surface area contributed by atoms with Crippen LogP contribution in [0.2, 0.25) is 0 Å². The second kappa shape index (κ2) is 3.92. The largest absolute Gasteiger partial charge is 0.306 e. The van der Waals surface area contributed by atoms with Crippen LogP contribution in [0.25, 0.3) is 16.8 Å². The SMILES string of the molecule is Cc1cn2cc(-c3ccc(C4CC4)nc3)ccc2n1. The molecule has 4 rings (SSSR count). The number of pyridine rings is 2. The molecule has 0 N–H and O–H groups in total. The lowest BCUT2D eigenvalue weighted by molar-refractivity contribution is 1.02. The fraction of sp³-hybridized carbons (Fsp3) is 0.250. The van der Waals surface area contributed by atoms with Crippen molar-refractivity contribution in [3.8, 4) is 11.1 Å². The van der Waals surface area contributed by atoms with E-state index in [9.17, 15) is 0 Å². The molecule has 0 bridgehead atoms. The van der Waals surface area contributed by atoms with Gasteiger partial charge in [0.15, 0.2) is 0 Å². The van der Waals surface area contributed by atoms with Crippen LogP contribution in [-0.2, 0) is 0 Å². The molecule has 3 heteroatoms. The molecule has 3 aromatic rings. The van der Waals surface area contributed by atoms with Crippen LogP contribution in [-0.4, -0.2) is 14.4 Å². The van der Waals surface area contributed by atoms with Crippen molar-refractivity contribution in [1.29, 1.82) is 0 Å². The van der Waals surface area contributed by atoms with Crippen molar-refractivity contribution in [1.82, 2.24) is 14.4 Å². The first-order valence-corrected chi connectivity index (χ1v) is 6.71. The van der Waals surface area contributed by atoms with E-state index in [1.165, 1.54) is 24.1 Å². The highest BCUT2D eigenvalue weighted by Crippen LogP contribution is 2.39. The number of aromatic nitrogens is 3. The van der Waals surface area contributed by atoms with E-state index in [1.54, 1.807) is 0 Å². The standard InChI is InChI=1S/C16H15N3/c1-11-9-19-10-14(5-7-16(19)18-11)13-4-6-15(17-8-13)12-2-3-12/h4-10,12H,2-3H2,1H3. The molecule has 0 radical (unpaired) electrons. The van der Waals surface area contributed by atoms with Gasteiger partial charge in [0.25, 0.3) is 0 Å². The van der Waals surface area contributed by atoms with Gasteiger partial charge in [-0.05, 0) is 43.5 Å². The lowest BCUT2D eigenvalue weighted by Crippen LogP contribution is -1.89. The zero-order valence-electron chi connectivity index (χ0n) is 10.9. The van der Waals surface area contributed by atoms with Crippen LogP contribution in [0.4, 0.5) is 0 Å². The number of nitrogens with zero attached hydrogens (tertiary/aromatic N) is 3. The molecule has 1 fully saturated rings. The highest BCUT2D eigenvalue weighted by Gasteiger charge is 2.24. The normalized spacial score (nSPS) is 15.0. The van der Waals surface area contributed by atoms with Crippen LogP contribution in [0.3, 0.4) is 0 Å². The van der Waals surface area contributed by atoms with Gasteiger partial charge in [0.2, 0.25) is 0 Å². The number of fused-ring (bicyclic) bond motifs is 1. The fourth-order valence-corrected chi connectivity index (χ4v) is 2.49. The quantitative estimate of drug-likeness (QED) is 0.695. The molecule has 0 spiro atoms. The van der Waals surface area contributed by atoms with Crippen LogP contribution in [0.15, 0.2) is 42.9 Å². The first-order valence-electron chi connectivity index (χ1n) is 6.71. The summed E-state index contributed by atoms with van der Waals surface area (Å²) in [4.78, 5) is 9.02. The molecule has 1 aliphatic carbocycles. The van der Waals surface area contributed by atoms with Crippen LogP contribution < -0.4 is 0 Å². The Morgan fingerprint density at radius 2 is 1.89 bits per heavy atom. The van der Waals surface area contributed by atoms with Crippen molar-refractivity contribution in [2.24, 2.45) is 0 Å². The second-order valence-electron chi connectivity index (χ2n) is 5.31. The van der Waals surface area contributed by atoms with Crippen molar-refractivity contribution >= 4 is 5.65 Å². The van der Waals surface area contributed by atoms with Crippen molar-refractivity contribution in [3.63, 3.8) is 0 Å². The van der Waals surface area contributed by atoms with Gasteiger partial charge in [0.1, 0.15) is 5.65 Å². The summed E-state index contributed by atoms with van der Waals surface area (Å²) in [5.41, 5.74) is 5.61. The van der Waals surface area contributed by atoms with Crippen LogP contribution in [0.5, 0.6) is 0 Å². The Morgan fingerprint density at radius 3 is 2.63 bits per heavy atom. The zero-order chi connectivity index (χ0) is 12.8. The molecule has 3 heterocycles. The summed E-state index contributed by atoms with van der Waals surface area (Å²) in [5.74, 6) is 0.716. The lowest BCUT2D eigenvalue weighted by atomic mass is 10.1. The first-order chi connectivity index (χ1) is 9.29.